The van der Waals surface area contributed by atoms with E-state index >= 15 is 0 Å². The summed E-state index contributed by atoms with van der Waals surface area (Å²) in [6, 6.07) is 7.71. The maximum Gasteiger partial charge on any atom is 0.243 e. The SMILES string of the molecule is CCC(C(=O)NC1CCN(c2ccccc2OC)C1)N1CCCC1=O. The number of likely N-dealkylation sites (tertiary alicyclic amines) is 1. The first kappa shape index (κ1) is 17.6. The van der Waals surface area contributed by atoms with Gasteiger partial charge in [-0.3, -0.25) is 9.59 Å². The standard InChI is InChI=1S/C19H27N3O3/c1-3-15(22-11-6-9-18(22)23)19(24)20-14-10-12-21(13-14)16-7-4-5-8-17(16)25-2/h4-5,7-8,14-15H,3,6,9-13H2,1-2H3,(H,20,24). The minimum Gasteiger partial charge on any atom is -0.495 e. The number of ether oxygens (including phenoxy) is 1. The van der Waals surface area contributed by atoms with Gasteiger partial charge in [-0.25, -0.2) is 0 Å². The highest BCUT2D eigenvalue weighted by Crippen LogP contribution is 2.30. The largest absolute Gasteiger partial charge is 0.495 e. The first-order valence-corrected chi connectivity index (χ1v) is 9.11. The molecule has 0 aliphatic carbocycles. The summed E-state index contributed by atoms with van der Waals surface area (Å²) < 4.78 is 5.44. The zero-order chi connectivity index (χ0) is 17.8. The number of para-hydroxylation sites is 2. The maximum absolute atomic E-state index is 12.7. The van der Waals surface area contributed by atoms with E-state index in [1.165, 1.54) is 0 Å². The lowest BCUT2D eigenvalue weighted by molar-refractivity contribution is -0.137. The van der Waals surface area contributed by atoms with E-state index < -0.39 is 0 Å². The van der Waals surface area contributed by atoms with E-state index in [4.69, 9.17) is 4.74 Å². The molecule has 2 heterocycles. The zero-order valence-corrected chi connectivity index (χ0v) is 15.0. The zero-order valence-electron chi connectivity index (χ0n) is 15.0. The number of carbonyl (C=O) groups excluding carboxylic acids is 2. The Morgan fingerprint density at radius 2 is 2.16 bits per heavy atom. The van der Waals surface area contributed by atoms with Crippen LogP contribution in [0.15, 0.2) is 24.3 Å². The van der Waals surface area contributed by atoms with Crippen molar-refractivity contribution in [3.63, 3.8) is 0 Å². The molecule has 2 aliphatic heterocycles. The summed E-state index contributed by atoms with van der Waals surface area (Å²) in [4.78, 5) is 28.6. The quantitative estimate of drug-likeness (QED) is 0.854. The molecule has 0 aromatic heterocycles. The second-order valence-electron chi connectivity index (χ2n) is 6.73. The van der Waals surface area contributed by atoms with Gasteiger partial charge >= 0.3 is 0 Å². The van der Waals surface area contributed by atoms with Gasteiger partial charge in [0, 0.05) is 32.1 Å². The average molecular weight is 345 g/mol. The molecular weight excluding hydrogens is 318 g/mol. The van der Waals surface area contributed by atoms with Crippen molar-refractivity contribution in [3.8, 4) is 5.75 Å². The molecule has 2 saturated heterocycles. The summed E-state index contributed by atoms with van der Waals surface area (Å²) >= 11 is 0. The van der Waals surface area contributed by atoms with E-state index in [0.717, 1.165) is 37.4 Å². The lowest BCUT2D eigenvalue weighted by Gasteiger charge is -2.27. The highest BCUT2D eigenvalue weighted by molar-refractivity contribution is 5.88. The number of methoxy groups -OCH3 is 1. The predicted octanol–water partition coefficient (Wildman–Crippen LogP) is 1.79. The Balaban J connectivity index is 1.60. The van der Waals surface area contributed by atoms with Crippen molar-refractivity contribution in [1.82, 2.24) is 10.2 Å². The number of rotatable bonds is 6. The second kappa shape index (κ2) is 7.76. The molecule has 2 atom stereocenters. The molecule has 2 amide bonds. The molecule has 1 N–H and O–H groups in total. The minimum absolute atomic E-state index is 0.0235. The first-order valence-electron chi connectivity index (χ1n) is 9.11. The van der Waals surface area contributed by atoms with Gasteiger partial charge in [-0.15, -0.1) is 0 Å². The van der Waals surface area contributed by atoms with E-state index in [1.807, 2.05) is 31.2 Å². The fourth-order valence-electron chi connectivity index (χ4n) is 3.83. The number of hydrogen-bond donors (Lipinski definition) is 1. The van der Waals surface area contributed by atoms with Crippen LogP contribution in [0.5, 0.6) is 5.75 Å². The van der Waals surface area contributed by atoms with E-state index in [9.17, 15) is 9.59 Å². The van der Waals surface area contributed by atoms with E-state index in [1.54, 1.807) is 12.0 Å². The molecule has 25 heavy (non-hydrogen) atoms. The molecule has 0 bridgehead atoms. The van der Waals surface area contributed by atoms with E-state index in [0.29, 0.717) is 19.4 Å². The van der Waals surface area contributed by atoms with Crippen molar-refractivity contribution in [1.29, 1.82) is 0 Å². The highest BCUT2D eigenvalue weighted by Gasteiger charge is 2.33. The van der Waals surface area contributed by atoms with Crippen molar-refractivity contribution in [2.24, 2.45) is 0 Å². The Labute approximate surface area is 149 Å². The smallest absolute Gasteiger partial charge is 0.243 e. The monoisotopic (exact) mass is 345 g/mol. The van der Waals surface area contributed by atoms with Crippen LogP contribution in [0.4, 0.5) is 5.69 Å². The third-order valence-electron chi connectivity index (χ3n) is 5.14. The first-order chi connectivity index (χ1) is 12.1. The van der Waals surface area contributed by atoms with Gasteiger partial charge in [0.15, 0.2) is 0 Å². The summed E-state index contributed by atoms with van der Waals surface area (Å²) in [5, 5.41) is 3.15. The molecule has 2 fully saturated rings. The Morgan fingerprint density at radius 1 is 1.36 bits per heavy atom. The predicted molar refractivity (Wildman–Crippen MR) is 96.8 cm³/mol. The van der Waals surface area contributed by atoms with E-state index in [2.05, 4.69) is 10.2 Å². The summed E-state index contributed by atoms with van der Waals surface area (Å²) in [6.07, 6.45) is 2.97. The van der Waals surface area contributed by atoms with Gasteiger partial charge in [0.25, 0.3) is 0 Å². The number of anilines is 1. The molecule has 1 aromatic rings. The fourth-order valence-corrected chi connectivity index (χ4v) is 3.83. The van der Waals surface area contributed by atoms with Gasteiger partial charge in [-0.05, 0) is 31.4 Å². The Kier molecular flexibility index (Phi) is 5.46. The van der Waals surface area contributed by atoms with Crippen LogP contribution >= 0.6 is 0 Å². The van der Waals surface area contributed by atoms with Crippen molar-refractivity contribution < 1.29 is 14.3 Å². The molecular formula is C19H27N3O3. The van der Waals surface area contributed by atoms with Gasteiger partial charge in [-0.2, -0.15) is 0 Å². The van der Waals surface area contributed by atoms with Crippen molar-refractivity contribution in [2.45, 2.75) is 44.7 Å². The Hall–Kier alpha value is -2.24. The van der Waals surface area contributed by atoms with Crippen molar-refractivity contribution in [2.75, 3.05) is 31.6 Å². The molecule has 1 aromatic carbocycles. The molecule has 2 unspecified atom stereocenters. The third-order valence-corrected chi connectivity index (χ3v) is 5.14. The van der Waals surface area contributed by atoms with E-state index in [-0.39, 0.29) is 23.9 Å². The van der Waals surface area contributed by atoms with Gasteiger partial charge in [0.2, 0.25) is 11.8 Å². The van der Waals surface area contributed by atoms with Crippen LogP contribution in [-0.4, -0.2) is 55.5 Å². The average Bonchev–Trinajstić information content (AvgIpc) is 3.25. The van der Waals surface area contributed by atoms with Crippen LogP contribution < -0.4 is 15.0 Å². The summed E-state index contributed by atoms with van der Waals surface area (Å²) in [7, 11) is 1.67. The topological polar surface area (TPSA) is 61.9 Å². The summed E-state index contributed by atoms with van der Waals surface area (Å²) in [6.45, 7) is 4.30. The van der Waals surface area contributed by atoms with Crippen LogP contribution in [0.3, 0.4) is 0 Å². The molecule has 0 radical (unpaired) electrons. The van der Waals surface area contributed by atoms with Crippen LogP contribution in [0.1, 0.15) is 32.6 Å². The summed E-state index contributed by atoms with van der Waals surface area (Å²) in [5.41, 5.74) is 1.06. The molecule has 6 heteroatoms. The number of benzene rings is 1. The molecule has 6 nitrogen and oxygen atoms in total. The number of hydrogen-bond acceptors (Lipinski definition) is 4. The number of nitrogens with zero attached hydrogens (tertiary/aromatic N) is 2. The van der Waals surface area contributed by atoms with Crippen LogP contribution in [-0.2, 0) is 9.59 Å². The molecule has 0 saturated carbocycles. The van der Waals surface area contributed by atoms with Crippen LogP contribution in [0, 0.1) is 0 Å². The van der Waals surface area contributed by atoms with Gasteiger partial charge in [0.05, 0.1) is 12.8 Å². The third kappa shape index (κ3) is 3.72. The van der Waals surface area contributed by atoms with Crippen molar-refractivity contribution >= 4 is 17.5 Å². The lowest BCUT2D eigenvalue weighted by atomic mass is 10.1. The second-order valence-corrected chi connectivity index (χ2v) is 6.73. The lowest BCUT2D eigenvalue weighted by Crippen LogP contribution is -2.50. The van der Waals surface area contributed by atoms with Gasteiger partial charge in [0.1, 0.15) is 11.8 Å². The summed E-state index contributed by atoms with van der Waals surface area (Å²) in [5.74, 6) is 0.928. The van der Waals surface area contributed by atoms with Gasteiger partial charge in [-0.1, -0.05) is 19.1 Å². The molecule has 3 rings (SSSR count). The maximum atomic E-state index is 12.7. The normalized spacial score (nSPS) is 21.5. The van der Waals surface area contributed by atoms with Crippen LogP contribution in [0.25, 0.3) is 0 Å². The fraction of sp³-hybridized carbons (Fsp3) is 0.579. The molecule has 2 aliphatic rings. The number of carbonyl (C=O) groups is 2. The number of amides is 2. The minimum atomic E-state index is -0.338. The highest BCUT2D eigenvalue weighted by atomic mass is 16.5. The Morgan fingerprint density at radius 3 is 2.84 bits per heavy atom. The van der Waals surface area contributed by atoms with Crippen LogP contribution in [0.2, 0.25) is 0 Å². The molecule has 0 spiro atoms. The Bertz CT molecular complexity index is 634. The van der Waals surface area contributed by atoms with Crippen molar-refractivity contribution in [3.05, 3.63) is 24.3 Å². The van der Waals surface area contributed by atoms with Gasteiger partial charge < -0.3 is 19.9 Å². The number of nitrogens with one attached hydrogen (secondary N) is 1. The molecule has 136 valence electrons.